The number of hydrogen-bond acceptors (Lipinski definition) is 3. The van der Waals surface area contributed by atoms with Gasteiger partial charge in [-0.2, -0.15) is 0 Å². The second kappa shape index (κ2) is 9.11. The standard InChI is InChI=1S/C27H22FN3O2S/c1-29-24(26(32)31(27(29)34)20-9-3-2-4-10-20)17-19-18-30(23-13-7-5-11-21(19)23)15-16-33-25-14-8-6-12-22(25)28/h2-14,17-18H,15-16H2,1H3/b24-17-. The average Bonchev–Trinajstić information content (AvgIpc) is 3.31. The number of rotatable bonds is 6. The minimum atomic E-state index is -0.382. The summed E-state index contributed by atoms with van der Waals surface area (Å²) in [5, 5.41) is 1.44. The highest BCUT2D eigenvalue weighted by atomic mass is 32.1. The molecular weight excluding hydrogens is 449 g/mol. The van der Waals surface area contributed by atoms with Crippen molar-refractivity contribution in [2.24, 2.45) is 0 Å². The minimum absolute atomic E-state index is 0.168. The predicted molar refractivity (Wildman–Crippen MR) is 136 cm³/mol. The van der Waals surface area contributed by atoms with Crippen molar-refractivity contribution in [3.8, 4) is 5.75 Å². The third-order valence-electron chi connectivity index (χ3n) is 5.81. The van der Waals surface area contributed by atoms with Crippen LogP contribution in [0.4, 0.5) is 10.1 Å². The number of likely N-dealkylation sites (N-methyl/N-ethyl adjacent to an activating group) is 1. The third kappa shape index (κ3) is 3.95. The molecule has 1 amide bonds. The molecule has 5 rings (SSSR count). The third-order valence-corrected chi connectivity index (χ3v) is 6.27. The van der Waals surface area contributed by atoms with E-state index in [4.69, 9.17) is 17.0 Å². The molecular formula is C27H22FN3O2S. The van der Waals surface area contributed by atoms with E-state index in [1.54, 1.807) is 35.0 Å². The van der Waals surface area contributed by atoms with Crippen LogP contribution >= 0.6 is 12.2 Å². The van der Waals surface area contributed by atoms with E-state index in [9.17, 15) is 9.18 Å². The lowest BCUT2D eigenvalue weighted by atomic mass is 10.1. The molecule has 0 unspecified atom stereocenters. The van der Waals surface area contributed by atoms with Gasteiger partial charge in [0.1, 0.15) is 12.3 Å². The highest BCUT2D eigenvalue weighted by molar-refractivity contribution is 7.80. The fraction of sp³-hybridized carbons (Fsp3) is 0.111. The second-order valence-corrected chi connectivity index (χ2v) is 8.29. The zero-order valence-corrected chi connectivity index (χ0v) is 19.3. The molecule has 4 aromatic rings. The van der Waals surface area contributed by atoms with Crippen molar-refractivity contribution >= 4 is 45.9 Å². The molecule has 170 valence electrons. The molecule has 0 aliphatic carbocycles. The van der Waals surface area contributed by atoms with E-state index in [-0.39, 0.29) is 17.5 Å². The fourth-order valence-electron chi connectivity index (χ4n) is 4.10. The molecule has 0 spiro atoms. The molecule has 1 aliphatic rings. The van der Waals surface area contributed by atoms with Crippen LogP contribution in [-0.2, 0) is 11.3 Å². The number of ether oxygens (including phenoxy) is 1. The summed E-state index contributed by atoms with van der Waals surface area (Å²) in [5.74, 6) is -0.320. The molecule has 3 aromatic carbocycles. The molecule has 0 saturated carbocycles. The van der Waals surface area contributed by atoms with Gasteiger partial charge in [0.05, 0.1) is 12.2 Å². The number of aromatic nitrogens is 1. The summed E-state index contributed by atoms with van der Waals surface area (Å²) in [4.78, 5) is 16.6. The Hall–Kier alpha value is -3.97. The maximum absolute atomic E-state index is 13.9. The topological polar surface area (TPSA) is 37.7 Å². The molecule has 1 aromatic heterocycles. The molecule has 1 aliphatic heterocycles. The number of amides is 1. The monoisotopic (exact) mass is 471 g/mol. The van der Waals surface area contributed by atoms with Crippen LogP contribution in [0.2, 0.25) is 0 Å². The fourth-order valence-corrected chi connectivity index (χ4v) is 4.39. The van der Waals surface area contributed by atoms with Crippen LogP contribution < -0.4 is 9.64 Å². The lowest BCUT2D eigenvalue weighted by Gasteiger charge is -2.16. The Bertz CT molecular complexity index is 1410. The first-order valence-corrected chi connectivity index (χ1v) is 11.3. The van der Waals surface area contributed by atoms with E-state index in [0.717, 1.165) is 22.2 Å². The number of benzene rings is 3. The van der Waals surface area contributed by atoms with Crippen LogP contribution in [0.3, 0.4) is 0 Å². The Morgan fingerprint density at radius 3 is 2.47 bits per heavy atom. The Morgan fingerprint density at radius 1 is 0.971 bits per heavy atom. The average molecular weight is 472 g/mol. The number of para-hydroxylation sites is 3. The lowest BCUT2D eigenvalue weighted by molar-refractivity contribution is -0.114. The summed E-state index contributed by atoms with van der Waals surface area (Å²) in [7, 11) is 1.80. The Balaban J connectivity index is 1.44. The molecule has 1 saturated heterocycles. The number of carbonyl (C=O) groups excluding carboxylic acids is 1. The van der Waals surface area contributed by atoms with E-state index in [1.165, 1.54) is 6.07 Å². The van der Waals surface area contributed by atoms with Gasteiger partial charge in [0.2, 0.25) is 0 Å². The van der Waals surface area contributed by atoms with Crippen molar-refractivity contribution in [3.05, 3.63) is 102 Å². The maximum atomic E-state index is 13.9. The van der Waals surface area contributed by atoms with E-state index in [0.29, 0.717) is 24.0 Å². The normalized spacial score (nSPS) is 15.1. The number of carbonyl (C=O) groups is 1. The van der Waals surface area contributed by atoms with Gasteiger partial charge in [0.15, 0.2) is 16.7 Å². The van der Waals surface area contributed by atoms with Gasteiger partial charge >= 0.3 is 0 Å². The first-order chi connectivity index (χ1) is 16.5. The summed E-state index contributed by atoms with van der Waals surface area (Å²) in [6.07, 6.45) is 3.85. The van der Waals surface area contributed by atoms with Gasteiger partial charge in [0.25, 0.3) is 5.91 Å². The maximum Gasteiger partial charge on any atom is 0.281 e. The summed E-state index contributed by atoms with van der Waals surface area (Å²) in [6, 6.07) is 23.7. The van der Waals surface area contributed by atoms with Gasteiger partial charge in [-0.3, -0.25) is 9.69 Å². The van der Waals surface area contributed by atoms with Crippen molar-refractivity contribution in [2.45, 2.75) is 6.54 Å². The van der Waals surface area contributed by atoms with E-state index in [2.05, 4.69) is 4.57 Å². The molecule has 0 atom stereocenters. The molecule has 5 nitrogen and oxygen atoms in total. The lowest BCUT2D eigenvalue weighted by Crippen LogP contribution is -2.30. The van der Waals surface area contributed by atoms with Crippen molar-refractivity contribution < 1.29 is 13.9 Å². The zero-order chi connectivity index (χ0) is 23.7. The first kappa shape index (κ1) is 21.9. The number of halogens is 1. The van der Waals surface area contributed by atoms with Crippen LogP contribution in [0, 0.1) is 5.82 Å². The highest BCUT2D eigenvalue weighted by Crippen LogP contribution is 2.30. The number of thiocarbonyl (C=S) groups is 1. The molecule has 0 bridgehead atoms. The van der Waals surface area contributed by atoms with Gasteiger partial charge in [-0.25, -0.2) is 4.39 Å². The van der Waals surface area contributed by atoms with Gasteiger partial charge in [-0.1, -0.05) is 48.5 Å². The number of hydrogen-bond donors (Lipinski definition) is 0. The van der Waals surface area contributed by atoms with E-state index in [1.807, 2.05) is 66.9 Å². The smallest absolute Gasteiger partial charge is 0.281 e. The molecule has 0 N–H and O–H groups in total. The highest BCUT2D eigenvalue weighted by Gasteiger charge is 2.36. The van der Waals surface area contributed by atoms with Gasteiger partial charge in [-0.05, 0) is 48.6 Å². The zero-order valence-electron chi connectivity index (χ0n) is 18.5. The Morgan fingerprint density at radius 2 is 1.68 bits per heavy atom. The van der Waals surface area contributed by atoms with Crippen molar-refractivity contribution in [1.29, 1.82) is 0 Å². The Kier molecular flexibility index (Phi) is 5.86. The molecule has 7 heteroatoms. The van der Waals surface area contributed by atoms with Crippen LogP contribution in [0.25, 0.3) is 17.0 Å². The second-order valence-electron chi connectivity index (χ2n) is 7.92. The van der Waals surface area contributed by atoms with Gasteiger partial charge in [-0.15, -0.1) is 0 Å². The largest absolute Gasteiger partial charge is 0.489 e. The summed E-state index contributed by atoms with van der Waals surface area (Å²) in [5.41, 5.74) is 3.14. The number of fused-ring (bicyclic) bond motifs is 1. The molecule has 2 heterocycles. The quantitative estimate of drug-likeness (QED) is 0.276. The van der Waals surface area contributed by atoms with E-state index >= 15 is 0 Å². The summed E-state index contributed by atoms with van der Waals surface area (Å²) >= 11 is 5.57. The van der Waals surface area contributed by atoms with Crippen LogP contribution in [0.15, 0.2) is 90.8 Å². The van der Waals surface area contributed by atoms with Crippen molar-refractivity contribution in [3.63, 3.8) is 0 Å². The molecule has 0 radical (unpaired) electrons. The first-order valence-electron chi connectivity index (χ1n) is 10.9. The van der Waals surface area contributed by atoms with Crippen molar-refractivity contribution in [1.82, 2.24) is 9.47 Å². The van der Waals surface area contributed by atoms with Crippen LogP contribution in [-0.4, -0.2) is 34.1 Å². The predicted octanol–water partition coefficient (Wildman–Crippen LogP) is 5.46. The number of anilines is 1. The van der Waals surface area contributed by atoms with Crippen molar-refractivity contribution in [2.75, 3.05) is 18.6 Å². The minimum Gasteiger partial charge on any atom is -0.489 e. The molecule has 1 fully saturated rings. The van der Waals surface area contributed by atoms with Crippen LogP contribution in [0.5, 0.6) is 5.75 Å². The summed E-state index contributed by atoms with van der Waals surface area (Å²) in [6.45, 7) is 0.830. The van der Waals surface area contributed by atoms with Gasteiger partial charge in [0, 0.05) is 29.7 Å². The summed E-state index contributed by atoms with van der Waals surface area (Å²) < 4.78 is 21.6. The van der Waals surface area contributed by atoms with Gasteiger partial charge < -0.3 is 14.2 Å². The number of nitrogens with zero attached hydrogens (tertiary/aromatic N) is 3. The Labute approximate surface area is 202 Å². The van der Waals surface area contributed by atoms with Crippen LogP contribution in [0.1, 0.15) is 5.56 Å². The SMILES string of the molecule is CN1C(=S)N(c2ccccc2)C(=O)/C1=C/c1cn(CCOc2ccccc2F)c2ccccc12. The molecule has 34 heavy (non-hydrogen) atoms. The van der Waals surface area contributed by atoms with E-state index < -0.39 is 0 Å².